The number of aliphatic carboxylic acids is 1. The van der Waals surface area contributed by atoms with Gasteiger partial charge in [0.15, 0.2) is 0 Å². The van der Waals surface area contributed by atoms with Crippen molar-refractivity contribution in [3.63, 3.8) is 0 Å². The number of halogens is 2. The lowest BCUT2D eigenvalue weighted by Crippen LogP contribution is -1.99. The molecule has 21 heavy (non-hydrogen) atoms. The number of hydrogen-bond acceptors (Lipinski definition) is 2. The Kier molecular flexibility index (Phi) is 5.32. The molecule has 5 heteroatoms. The summed E-state index contributed by atoms with van der Waals surface area (Å²) in [5, 5.41) is 8.61. The summed E-state index contributed by atoms with van der Waals surface area (Å²) in [6, 6.07) is 14.7. The molecule has 0 aliphatic heterocycles. The van der Waals surface area contributed by atoms with E-state index >= 15 is 0 Å². The third-order valence-corrected chi connectivity index (χ3v) is 3.37. The van der Waals surface area contributed by atoms with Crippen molar-refractivity contribution in [2.75, 3.05) is 0 Å². The van der Waals surface area contributed by atoms with Crippen LogP contribution in [-0.2, 0) is 11.4 Å². The topological polar surface area (TPSA) is 46.5 Å². The predicted octanol–water partition coefficient (Wildman–Crippen LogP) is 4.27. The number of benzene rings is 2. The summed E-state index contributed by atoms with van der Waals surface area (Å²) >= 11 is 2.11. The molecule has 0 atom stereocenters. The highest BCUT2D eigenvalue weighted by Gasteiger charge is 2.09. The van der Waals surface area contributed by atoms with E-state index in [2.05, 4.69) is 22.6 Å². The first kappa shape index (κ1) is 15.5. The quantitative estimate of drug-likeness (QED) is 0.605. The maximum atomic E-state index is 13.3. The van der Waals surface area contributed by atoms with Crippen LogP contribution in [0, 0.1) is 3.57 Å². The van der Waals surface area contributed by atoms with Gasteiger partial charge in [0.1, 0.15) is 12.4 Å². The fourth-order valence-corrected chi connectivity index (χ4v) is 2.15. The summed E-state index contributed by atoms with van der Waals surface area (Å²) < 4.78 is 19.9. The van der Waals surface area contributed by atoms with E-state index < -0.39 is 11.8 Å². The lowest BCUT2D eigenvalue weighted by Gasteiger charge is -2.10. The number of carboxylic acids is 1. The monoisotopic (exact) mass is 398 g/mol. The van der Waals surface area contributed by atoms with Crippen LogP contribution in [0.25, 0.3) is 6.08 Å². The van der Waals surface area contributed by atoms with Gasteiger partial charge in [0.25, 0.3) is 0 Å². The van der Waals surface area contributed by atoms with Crippen LogP contribution in [0.3, 0.4) is 0 Å². The number of ether oxygens (including phenoxy) is 1. The molecule has 1 N–H and O–H groups in total. The zero-order valence-corrected chi connectivity index (χ0v) is 13.1. The summed E-state index contributed by atoms with van der Waals surface area (Å²) in [5.74, 6) is -2.37. The lowest BCUT2D eigenvalue weighted by molar-refractivity contribution is -0.134. The SMILES string of the molecule is O=C(O)C(F)=Cc1ccc(I)cc1OCc1ccccc1. The standard InChI is InChI=1S/C16H12FIO3/c17-14(16(19)20)8-12-6-7-13(18)9-15(12)21-10-11-4-2-1-3-5-11/h1-9H,10H2,(H,19,20). The van der Waals surface area contributed by atoms with Crippen molar-refractivity contribution < 1.29 is 19.0 Å². The Bertz CT molecular complexity index is 668. The Labute approximate surface area is 135 Å². The molecule has 0 unspecified atom stereocenters. The maximum absolute atomic E-state index is 13.3. The van der Waals surface area contributed by atoms with E-state index in [9.17, 15) is 9.18 Å². The highest BCUT2D eigenvalue weighted by Crippen LogP contribution is 2.25. The second-order valence-electron chi connectivity index (χ2n) is 4.25. The Morgan fingerprint density at radius 2 is 1.95 bits per heavy atom. The fourth-order valence-electron chi connectivity index (χ4n) is 1.69. The van der Waals surface area contributed by atoms with Crippen molar-refractivity contribution in [3.05, 3.63) is 69.1 Å². The van der Waals surface area contributed by atoms with Crippen LogP contribution in [0.2, 0.25) is 0 Å². The second kappa shape index (κ2) is 7.21. The van der Waals surface area contributed by atoms with Gasteiger partial charge >= 0.3 is 5.97 Å². The normalized spacial score (nSPS) is 11.2. The molecule has 2 aromatic carbocycles. The molecule has 0 aliphatic carbocycles. The minimum Gasteiger partial charge on any atom is -0.488 e. The smallest absolute Gasteiger partial charge is 0.364 e. The van der Waals surface area contributed by atoms with Gasteiger partial charge in [-0.2, -0.15) is 4.39 Å². The van der Waals surface area contributed by atoms with Gasteiger partial charge in [0, 0.05) is 9.13 Å². The summed E-state index contributed by atoms with van der Waals surface area (Å²) in [7, 11) is 0. The van der Waals surface area contributed by atoms with Crippen LogP contribution in [0.4, 0.5) is 4.39 Å². The van der Waals surface area contributed by atoms with Crippen molar-refractivity contribution >= 4 is 34.6 Å². The molecule has 0 saturated carbocycles. The van der Waals surface area contributed by atoms with Gasteiger partial charge in [-0.05, 0) is 46.4 Å². The van der Waals surface area contributed by atoms with E-state index in [1.165, 1.54) is 0 Å². The minimum absolute atomic E-state index is 0.330. The molecule has 0 spiro atoms. The average Bonchev–Trinajstić information content (AvgIpc) is 2.48. The summed E-state index contributed by atoms with van der Waals surface area (Å²) in [6.45, 7) is 0.330. The van der Waals surface area contributed by atoms with Crippen LogP contribution in [0.1, 0.15) is 11.1 Å². The predicted molar refractivity (Wildman–Crippen MR) is 86.7 cm³/mol. The van der Waals surface area contributed by atoms with E-state index in [1.54, 1.807) is 18.2 Å². The first-order valence-electron chi connectivity index (χ1n) is 6.13. The Balaban J connectivity index is 2.23. The van der Waals surface area contributed by atoms with Gasteiger partial charge in [-0.25, -0.2) is 4.79 Å². The van der Waals surface area contributed by atoms with E-state index in [-0.39, 0.29) is 0 Å². The summed E-state index contributed by atoms with van der Waals surface area (Å²) in [5.41, 5.74) is 1.37. The molecule has 0 aromatic heterocycles. The summed E-state index contributed by atoms with van der Waals surface area (Å²) in [6.07, 6.45) is 0.957. The third-order valence-electron chi connectivity index (χ3n) is 2.70. The van der Waals surface area contributed by atoms with Gasteiger partial charge < -0.3 is 9.84 Å². The van der Waals surface area contributed by atoms with Crippen LogP contribution < -0.4 is 4.74 Å². The minimum atomic E-state index is -1.59. The Morgan fingerprint density at radius 1 is 1.24 bits per heavy atom. The number of carboxylic acid groups (broad SMARTS) is 1. The first-order chi connectivity index (χ1) is 10.1. The summed E-state index contributed by atoms with van der Waals surface area (Å²) in [4.78, 5) is 10.6. The molecule has 0 radical (unpaired) electrons. The molecule has 0 saturated heterocycles. The fraction of sp³-hybridized carbons (Fsp3) is 0.0625. The van der Waals surface area contributed by atoms with Gasteiger partial charge in [-0.1, -0.05) is 36.4 Å². The third kappa shape index (κ3) is 4.56. The van der Waals surface area contributed by atoms with Gasteiger partial charge in [-0.15, -0.1) is 0 Å². The molecule has 0 aliphatic rings. The Hall–Kier alpha value is -1.89. The van der Waals surface area contributed by atoms with Gasteiger partial charge in [0.05, 0.1) is 0 Å². The van der Waals surface area contributed by atoms with E-state index in [4.69, 9.17) is 9.84 Å². The molecular formula is C16H12FIO3. The van der Waals surface area contributed by atoms with Crippen LogP contribution in [-0.4, -0.2) is 11.1 Å². The molecule has 2 aromatic rings. The van der Waals surface area contributed by atoms with Crippen LogP contribution >= 0.6 is 22.6 Å². The molecule has 0 heterocycles. The largest absolute Gasteiger partial charge is 0.488 e. The highest BCUT2D eigenvalue weighted by atomic mass is 127. The van der Waals surface area contributed by atoms with Crippen molar-refractivity contribution in [2.45, 2.75) is 6.61 Å². The highest BCUT2D eigenvalue weighted by molar-refractivity contribution is 14.1. The molecule has 0 amide bonds. The van der Waals surface area contributed by atoms with Gasteiger partial charge in [-0.3, -0.25) is 0 Å². The van der Waals surface area contributed by atoms with Crippen molar-refractivity contribution in [1.82, 2.24) is 0 Å². The average molecular weight is 398 g/mol. The zero-order valence-electron chi connectivity index (χ0n) is 10.9. The van der Waals surface area contributed by atoms with E-state index in [1.807, 2.05) is 30.3 Å². The second-order valence-corrected chi connectivity index (χ2v) is 5.50. The van der Waals surface area contributed by atoms with Crippen molar-refractivity contribution in [1.29, 1.82) is 0 Å². The van der Waals surface area contributed by atoms with Crippen molar-refractivity contribution in [2.24, 2.45) is 0 Å². The molecule has 108 valence electrons. The number of hydrogen-bond donors (Lipinski definition) is 1. The van der Waals surface area contributed by atoms with E-state index in [0.717, 1.165) is 15.2 Å². The van der Waals surface area contributed by atoms with Crippen LogP contribution in [0.15, 0.2) is 54.4 Å². The molecule has 2 rings (SSSR count). The maximum Gasteiger partial charge on any atom is 0.364 e. The molecule has 0 bridgehead atoms. The molecule has 3 nitrogen and oxygen atoms in total. The zero-order chi connectivity index (χ0) is 15.2. The van der Waals surface area contributed by atoms with Crippen molar-refractivity contribution in [3.8, 4) is 5.75 Å². The van der Waals surface area contributed by atoms with Gasteiger partial charge in [0.2, 0.25) is 5.83 Å². The van der Waals surface area contributed by atoms with E-state index in [0.29, 0.717) is 17.9 Å². The number of carbonyl (C=O) groups is 1. The Morgan fingerprint density at radius 3 is 2.62 bits per heavy atom. The molecular weight excluding hydrogens is 386 g/mol. The number of rotatable bonds is 5. The molecule has 0 fully saturated rings. The lowest BCUT2D eigenvalue weighted by atomic mass is 10.2. The first-order valence-corrected chi connectivity index (χ1v) is 7.21. The van der Waals surface area contributed by atoms with Crippen LogP contribution in [0.5, 0.6) is 5.75 Å².